The lowest BCUT2D eigenvalue weighted by Crippen LogP contribution is -2.39. The molecule has 0 unspecified atom stereocenters. The van der Waals surface area contributed by atoms with Crippen molar-refractivity contribution >= 4 is 11.4 Å². The molecule has 29 heavy (non-hydrogen) atoms. The Labute approximate surface area is 169 Å². The van der Waals surface area contributed by atoms with Gasteiger partial charge in [-0.1, -0.05) is 6.07 Å². The van der Waals surface area contributed by atoms with Gasteiger partial charge < -0.3 is 19.5 Å². The van der Waals surface area contributed by atoms with Crippen LogP contribution in [0.1, 0.15) is 36.0 Å². The Hall–Kier alpha value is -3.22. The van der Waals surface area contributed by atoms with Crippen LogP contribution in [0.3, 0.4) is 0 Å². The second kappa shape index (κ2) is 8.43. The Morgan fingerprint density at radius 3 is 2.62 bits per heavy atom. The molecule has 2 aromatic heterocycles. The van der Waals surface area contributed by atoms with E-state index in [1.165, 1.54) is 0 Å². The molecule has 0 spiro atoms. The molecule has 0 atom stereocenters. The average Bonchev–Trinajstić information content (AvgIpc) is 3.22. The number of carbonyl (C=O) groups is 1. The topological polar surface area (TPSA) is 74.1 Å². The Bertz CT molecular complexity index is 993. The smallest absolute Gasteiger partial charge is 0.251 e. The number of para-hydroxylation sites is 1. The fourth-order valence-electron chi connectivity index (χ4n) is 3.79. The van der Waals surface area contributed by atoms with E-state index in [0.29, 0.717) is 22.8 Å². The summed E-state index contributed by atoms with van der Waals surface area (Å²) in [5, 5.41) is 7.30. The number of carbonyl (C=O) groups excluding carboxylic acids is 1. The number of rotatable bonds is 6. The molecule has 152 valence electrons. The van der Waals surface area contributed by atoms with Crippen LogP contribution in [0.15, 0.2) is 48.8 Å². The van der Waals surface area contributed by atoms with E-state index in [4.69, 9.17) is 14.2 Å². The van der Waals surface area contributed by atoms with Crippen molar-refractivity contribution in [3.05, 3.63) is 54.4 Å². The van der Waals surface area contributed by atoms with Crippen LogP contribution in [-0.2, 0) is 0 Å². The Kier molecular flexibility index (Phi) is 5.55. The van der Waals surface area contributed by atoms with E-state index < -0.39 is 0 Å². The molecule has 7 nitrogen and oxygen atoms in total. The fraction of sp³-hybridized carbons (Fsp3) is 0.364. The third-order valence-corrected chi connectivity index (χ3v) is 5.33. The van der Waals surface area contributed by atoms with Gasteiger partial charge in [-0.25, -0.2) is 4.52 Å². The van der Waals surface area contributed by atoms with Crippen LogP contribution in [0, 0.1) is 0 Å². The predicted octanol–water partition coefficient (Wildman–Crippen LogP) is 3.47. The van der Waals surface area contributed by atoms with Gasteiger partial charge in [-0.15, -0.1) is 0 Å². The number of amides is 1. The summed E-state index contributed by atoms with van der Waals surface area (Å²) in [5.74, 6) is 1.91. The summed E-state index contributed by atoms with van der Waals surface area (Å²) in [6.07, 6.45) is 7.09. The second-order valence-electron chi connectivity index (χ2n) is 7.17. The Balaban J connectivity index is 1.33. The number of hydrogen-bond donors (Lipinski definition) is 1. The molecule has 3 aromatic rings. The van der Waals surface area contributed by atoms with E-state index in [1.807, 2.05) is 30.3 Å². The molecule has 1 saturated carbocycles. The largest absolute Gasteiger partial charge is 0.493 e. The minimum absolute atomic E-state index is 0.0486. The van der Waals surface area contributed by atoms with Gasteiger partial charge in [-0.2, -0.15) is 5.10 Å². The number of pyridine rings is 1. The minimum atomic E-state index is -0.0486. The highest BCUT2D eigenvalue weighted by atomic mass is 16.5. The van der Waals surface area contributed by atoms with Gasteiger partial charge in [0, 0.05) is 24.0 Å². The molecule has 1 amide bonds. The minimum Gasteiger partial charge on any atom is -0.493 e. The lowest BCUT2D eigenvalue weighted by atomic mass is 9.92. The quantitative estimate of drug-likeness (QED) is 0.692. The maximum Gasteiger partial charge on any atom is 0.251 e. The van der Waals surface area contributed by atoms with Gasteiger partial charge in [-0.05, 0) is 56.0 Å². The number of benzene rings is 1. The number of nitrogens with zero attached hydrogens (tertiary/aromatic N) is 2. The summed E-state index contributed by atoms with van der Waals surface area (Å²) in [4.78, 5) is 12.6. The van der Waals surface area contributed by atoms with Gasteiger partial charge in [0.2, 0.25) is 5.75 Å². The molecule has 1 fully saturated rings. The highest BCUT2D eigenvalue weighted by molar-refractivity contribution is 5.95. The van der Waals surface area contributed by atoms with Crippen LogP contribution in [0.2, 0.25) is 0 Å². The molecular weight excluding hydrogens is 370 g/mol. The van der Waals surface area contributed by atoms with Gasteiger partial charge in [0.05, 0.1) is 25.8 Å². The van der Waals surface area contributed by atoms with E-state index in [9.17, 15) is 4.79 Å². The van der Waals surface area contributed by atoms with E-state index in [-0.39, 0.29) is 18.1 Å². The monoisotopic (exact) mass is 395 g/mol. The number of methoxy groups -OCH3 is 2. The molecule has 1 aliphatic carbocycles. The number of hydrogen-bond acceptors (Lipinski definition) is 5. The van der Waals surface area contributed by atoms with Gasteiger partial charge in [0.15, 0.2) is 11.5 Å². The average molecular weight is 395 g/mol. The van der Waals surface area contributed by atoms with Crippen molar-refractivity contribution in [2.45, 2.75) is 37.8 Å². The van der Waals surface area contributed by atoms with E-state index >= 15 is 0 Å². The molecule has 0 radical (unpaired) electrons. The molecule has 7 heteroatoms. The molecule has 1 aliphatic rings. The first-order chi connectivity index (χ1) is 14.2. The summed E-state index contributed by atoms with van der Waals surface area (Å²) < 4.78 is 18.7. The third-order valence-electron chi connectivity index (χ3n) is 5.33. The van der Waals surface area contributed by atoms with E-state index in [0.717, 1.165) is 31.2 Å². The zero-order valence-corrected chi connectivity index (χ0v) is 16.6. The second-order valence-corrected chi connectivity index (χ2v) is 7.17. The van der Waals surface area contributed by atoms with Crippen LogP contribution in [0.25, 0.3) is 5.52 Å². The van der Waals surface area contributed by atoms with Crippen molar-refractivity contribution in [1.29, 1.82) is 0 Å². The number of nitrogens with one attached hydrogen (secondary N) is 1. The van der Waals surface area contributed by atoms with Gasteiger partial charge in [0.25, 0.3) is 5.91 Å². The maximum absolute atomic E-state index is 12.6. The molecule has 0 saturated heterocycles. The fourth-order valence-corrected chi connectivity index (χ4v) is 3.79. The van der Waals surface area contributed by atoms with Gasteiger partial charge >= 0.3 is 0 Å². The number of fused-ring (bicyclic) bond motifs is 1. The highest BCUT2D eigenvalue weighted by Gasteiger charge is 2.25. The van der Waals surface area contributed by atoms with Crippen LogP contribution < -0.4 is 19.5 Å². The standard InChI is InChI=1S/C22H25N3O4/c1-27-19-4-3-5-20(21(19)28-2)29-18-8-6-16(7-9-18)24-22(26)15-11-13-25-17(14-15)10-12-23-25/h3-5,10-14,16,18H,6-9H2,1-2H3,(H,24,26). The predicted molar refractivity (Wildman–Crippen MR) is 109 cm³/mol. The lowest BCUT2D eigenvalue weighted by Gasteiger charge is -2.30. The maximum atomic E-state index is 12.6. The molecular formula is C22H25N3O4. The van der Waals surface area contributed by atoms with Crippen molar-refractivity contribution in [3.63, 3.8) is 0 Å². The third kappa shape index (κ3) is 4.13. The van der Waals surface area contributed by atoms with Gasteiger partial charge in [-0.3, -0.25) is 4.79 Å². The molecule has 1 aromatic carbocycles. The zero-order valence-electron chi connectivity index (χ0n) is 16.6. The van der Waals surface area contributed by atoms with E-state index in [1.54, 1.807) is 37.2 Å². The summed E-state index contributed by atoms with van der Waals surface area (Å²) in [7, 11) is 3.22. The van der Waals surface area contributed by atoms with E-state index in [2.05, 4.69) is 10.4 Å². The first kappa shape index (κ1) is 19.1. The summed E-state index contributed by atoms with van der Waals surface area (Å²) >= 11 is 0. The normalized spacial score (nSPS) is 19.0. The number of ether oxygens (including phenoxy) is 3. The van der Waals surface area contributed by atoms with Crippen LogP contribution >= 0.6 is 0 Å². The van der Waals surface area contributed by atoms with Crippen molar-refractivity contribution in [1.82, 2.24) is 14.9 Å². The number of aromatic nitrogens is 2. The van der Waals surface area contributed by atoms with Crippen molar-refractivity contribution in [2.24, 2.45) is 0 Å². The highest BCUT2D eigenvalue weighted by Crippen LogP contribution is 2.38. The SMILES string of the molecule is COc1cccc(OC2CCC(NC(=O)c3ccn4nccc4c3)CC2)c1OC. The van der Waals surface area contributed by atoms with Gasteiger partial charge in [0.1, 0.15) is 0 Å². The molecule has 1 N–H and O–H groups in total. The van der Waals surface area contributed by atoms with Crippen LogP contribution in [0.4, 0.5) is 0 Å². The van der Waals surface area contributed by atoms with Crippen LogP contribution in [-0.4, -0.2) is 41.9 Å². The summed E-state index contributed by atoms with van der Waals surface area (Å²) in [6, 6.07) is 11.3. The molecule has 4 rings (SSSR count). The Morgan fingerprint density at radius 2 is 1.86 bits per heavy atom. The first-order valence-electron chi connectivity index (χ1n) is 9.80. The van der Waals surface area contributed by atoms with Crippen molar-refractivity contribution in [2.75, 3.05) is 14.2 Å². The zero-order chi connectivity index (χ0) is 20.2. The first-order valence-corrected chi connectivity index (χ1v) is 9.80. The van der Waals surface area contributed by atoms with Crippen LogP contribution in [0.5, 0.6) is 17.2 Å². The molecule has 2 heterocycles. The van der Waals surface area contributed by atoms with Crippen molar-refractivity contribution in [3.8, 4) is 17.2 Å². The molecule has 0 aliphatic heterocycles. The van der Waals surface area contributed by atoms with Crippen molar-refractivity contribution < 1.29 is 19.0 Å². The summed E-state index contributed by atoms with van der Waals surface area (Å²) in [6.45, 7) is 0. The Morgan fingerprint density at radius 1 is 1.07 bits per heavy atom. The summed E-state index contributed by atoms with van der Waals surface area (Å²) in [5.41, 5.74) is 1.56. The molecule has 0 bridgehead atoms. The lowest BCUT2D eigenvalue weighted by molar-refractivity contribution is 0.0891.